The molecule has 0 N–H and O–H groups in total. The molecule has 0 amide bonds. The first-order valence-corrected chi connectivity index (χ1v) is 5.18. The van der Waals surface area contributed by atoms with Crippen LogP contribution in [0.4, 0.5) is 0 Å². The molecule has 1 heterocycles. The van der Waals surface area contributed by atoms with Crippen LogP contribution in [0.25, 0.3) is 0 Å². The van der Waals surface area contributed by atoms with Crippen molar-refractivity contribution >= 4 is 0 Å². The number of quaternary nitrogens is 1. The second kappa shape index (κ2) is 4.83. The van der Waals surface area contributed by atoms with Crippen LogP contribution in [-0.2, 0) is 4.74 Å². The molecule has 0 aromatic heterocycles. The van der Waals surface area contributed by atoms with E-state index < -0.39 is 0 Å². The van der Waals surface area contributed by atoms with Gasteiger partial charge in [0.25, 0.3) is 0 Å². The maximum Gasteiger partial charge on any atom is 0.183 e. The van der Waals surface area contributed by atoms with Gasteiger partial charge in [0.2, 0.25) is 0 Å². The van der Waals surface area contributed by atoms with Crippen molar-refractivity contribution in [2.24, 2.45) is 0 Å². The molecule has 1 fully saturated rings. The summed E-state index contributed by atoms with van der Waals surface area (Å²) in [5.74, 6) is 0. The summed E-state index contributed by atoms with van der Waals surface area (Å²) in [6, 6.07) is 0. The molecule has 1 aliphatic rings. The van der Waals surface area contributed by atoms with Gasteiger partial charge in [0.15, 0.2) is 6.73 Å². The molecule has 1 rings (SSSR count). The van der Waals surface area contributed by atoms with Crippen molar-refractivity contribution < 1.29 is 9.22 Å². The van der Waals surface area contributed by atoms with Gasteiger partial charge in [-0.05, 0) is 12.8 Å². The Balaban J connectivity index is 2.05. The average Bonchev–Trinajstić information content (AvgIpc) is 2.47. The predicted octanol–water partition coefficient (Wildman–Crippen LogP) is 2.00. The van der Waals surface area contributed by atoms with Crippen LogP contribution in [0.2, 0.25) is 0 Å². The second-order valence-electron chi connectivity index (χ2n) is 4.16. The monoisotopic (exact) mass is 172 g/mol. The molecule has 12 heavy (non-hydrogen) atoms. The molecule has 0 bridgehead atoms. The highest BCUT2D eigenvalue weighted by Crippen LogP contribution is 2.12. The average molecular weight is 172 g/mol. The van der Waals surface area contributed by atoms with E-state index in [9.17, 15) is 0 Å². The van der Waals surface area contributed by atoms with E-state index in [1.54, 1.807) is 0 Å². The highest BCUT2D eigenvalue weighted by atomic mass is 16.5. The number of unbranched alkanes of at least 4 members (excludes halogenated alkanes) is 3. The van der Waals surface area contributed by atoms with Gasteiger partial charge < -0.3 is 9.22 Å². The fourth-order valence-corrected chi connectivity index (χ4v) is 1.73. The Kier molecular flexibility index (Phi) is 4.02. The van der Waals surface area contributed by atoms with Gasteiger partial charge in [-0.15, -0.1) is 0 Å². The van der Waals surface area contributed by atoms with Crippen LogP contribution in [0.5, 0.6) is 0 Å². The van der Waals surface area contributed by atoms with E-state index in [4.69, 9.17) is 4.74 Å². The van der Waals surface area contributed by atoms with Crippen LogP contribution in [-0.4, -0.2) is 38.0 Å². The van der Waals surface area contributed by atoms with Gasteiger partial charge in [-0.25, -0.2) is 0 Å². The zero-order chi connectivity index (χ0) is 8.86. The Morgan fingerprint density at radius 2 is 2.08 bits per heavy atom. The minimum absolute atomic E-state index is 0.937. The first-order valence-electron chi connectivity index (χ1n) is 5.18. The van der Waals surface area contributed by atoms with Crippen molar-refractivity contribution in [1.82, 2.24) is 0 Å². The third kappa shape index (κ3) is 3.11. The van der Waals surface area contributed by atoms with E-state index in [2.05, 4.69) is 14.0 Å². The van der Waals surface area contributed by atoms with E-state index in [1.807, 2.05) is 0 Å². The minimum Gasteiger partial charge on any atom is -0.326 e. The van der Waals surface area contributed by atoms with Crippen LogP contribution >= 0.6 is 0 Å². The van der Waals surface area contributed by atoms with Gasteiger partial charge in [-0.3, -0.25) is 0 Å². The topological polar surface area (TPSA) is 9.23 Å². The second-order valence-corrected chi connectivity index (χ2v) is 4.16. The summed E-state index contributed by atoms with van der Waals surface area (Å²) in [5.41, 5.74) is 0. The van der Waals surface area contributed by atoms with Crippen LogP contribution < -0.4 is 0 Å². The molecule has 1 aliphatic heterocycles. The number of hydrogen-bond acceptors (Lipinski definition) is 1. The molecule has 1 saturated heterocycles. The molecule has 0 spiro atoms. The predicted molar refractivity (Wildman–Crippen MR) is 50.9 cm³/mol. The molecule has 0 saturated carbocycles. The summed E-state index contributed by atoms with van der Waals surface area (Å²) >= 11 is 0. The van der Waals surface area contributed by atoms with Gasteiger partial charge in [0.05, 0.1) is 13.6 Å². The lowest BCUT2D eigenvalue weighted by Gasteiger charge is -2.26. The van der Waals surface area contributed by atoms with Gasteiger partial charge in [-0.2, -0.15) is 0 Å². The van der Waals surface area contributed by atoms with E-state index >= 15 is 0 Å². The lowest BCUT2D eigenvalue weighted by molar-refractivity contribution is -0.906. The number of rotatable bonds is 5. The summed E-state index contributed by atoms with van der Waals surface area (Å²) in [5, 5.41) is 0. The molecule has 1 unspecified atom stereocenters. The van der Waals surface area contributed by atoms with E-state index in [-0.39, 0.29) is 0 Å². The maximum atomic E-state index is 5.39. The number of nitrogens with zero attached hydrogens (tertiary/aromatic N) is 1. The third-order valence-electron chi connectivity index (χ3n) is 2.73. The van der Waals surface area contributed by atoms with Crippen LogP contribution in [0.15, 0.2) is 0 Å². The van der Waals surface area contributed by atoms with Crippen molar-refractivity contribution in [2.45, 2.75) is 32.6 Å². The lowest BCUT2D eigenvalue weighted by atomic mass is 10.2. The Morgan fingerprint density at radius 3 is 2.67 bits per heavy atom. The van der Waals surface area contributed by atoms with Crippen molar-refractivity contribution in [1.29, 1.82) is 0 Å². The molecule has 2 nitrogen and oxygen atoms in total. The smallest absolute Gasteiger partial charge is 0.183 e. The molecular formula is C10H22NO+. The Hall–Kier alpha value is -0.0800. The quantitative estimate of drug-likeness (QED) is 0.455. The fraction of sp³-hybridized carbons (Fsp3) is 1.00. The largest absolute Gasteiger partial charge is 0.326 e. The molecule has 2 heteroatoms. The summed E-state index contributed by atoms with van der Waals surface area (Å²) in [6.45, 7) is 6.68. The highest BCUT2D eigenvalue weighted by Gasteiger charge is 2.26. The highest BCUT2D eigenvalue weighted by molar-refractivity contribution is 4.45. The normalized spacial score (nSPS) is 29.5. The molecule has 0 radical (unpaired) electrons. The molecule has 1 atom stereocenters. The Labute approximate surface area is 76.1 Å². The SMILES string of the molecule is CCCCCC[N+]1(C)CCOC1. The first-order chi connectivity index (χ1) is 5.77. The third-order valence-corrected chi connectivity index (χ3v) is 2.73. The first kappa shape index (κ1) is 10.0. The fourth-order valence-electron chi connectivity index (χ4n) is 1.73. The molecule has 72 valence electrons. The van der Waals surface area contributed by atoms with Gasteiger partial charge in [0, 0.05) is 0 Å². The van der Waals surface area contributed by atoms with Crippen molar-refractivity contribution in [2.75, 3.05) is 33.5 Å². The van der Waals surface area contributed by atoms with Crippen LogP contribution in [0.1, 0.15) is 32.6 Å². The molecule has 0 aromatic carbocycles. The standard InChI is InChI=1S/C10H22NO/c1-3-4-5-6-7-11(2)8-9-12-10-11/h3-10H2,1-2H3/q+1. The van der Waals surface area contributed by atoms with E-state index in [0.29, 0.717) is 0 Å². The number of hydrogen-bond donors (Lipinski definition) is 0. The van der Waals surface area contributed by atoms with Crippen molar-refractivity contribution in [3.05, 3.63) is 0 Å². The van der Waals surface area contributed by atoms with Crippen LogP contribution in [0, 0.1) is 0 Å². The zero-order valence-corrected chi connectivity index (χ0v) is 8.51. The van der Waals surface area contributed by atoms with E-state index in [0.717, 1.165) is 17.8 Å². The molecule has 0 aromatic rings. The van der Waals surface area contributed by atoms with Crippen molar-refractivity contribution in [3.63, 3.8) is 0 Å². The Bertz CT molecular complexity index is 119. The Morgan fingerprint density at radius 1 is 1.25 bits per heavy atom. The maximum absolute atomic E-state index is 5.39. The molecule has 0 aliphatic carbocycles. The zero-order valence-electron chi connectivity index (χ0n) is 8.51. The minimum atomic E-state index is 0.937. The van der Waals surface area contributed by atoms with Crippen molar-refractivity contribution in [3.8, 4) is 0 Å². The van der Waals surface area contributed by atoms with Gasteiger partial charge in [-0.1, -0.05) is 19.8 Å². The van der Waals surface area contributed by atoms with Gasteiger partial charge >= 0.3 is 0 Å². The van der Waals surface area contributed by atoms with E-state index in [1.165, 1.54) is 38.8 Å². The lowest BCUT2D eigenvalue weighted by Crippen LogP contribution is -2.42. The summed E-state index contributed by atoms with van der Waals surface area (Å²) in [7, 11) is 2.30. The number of ether oxygens (including phenoxy) is 1. The summed E-state index contributed by atoms with van der Waals surface area (Å²) < 4.78 is 6.53. The van der Waals surface area contributed by atoms with Crippen LogP contribution in [0.3, 0.4) is 0 Å². The number of likely N-dealkylation sites (N-methyl/N-ethyl adjacent to an activating group) is 1. The summed E-state index contributed by atoms with van der Waals surface area (Å²) in [6.07, 6.45) is 5.49. The summed E-state index contributed by atoms with van der Waals surface area (Å²) in [4.78, 5) is 0. The van der Waals surface area contributed by atoms with Gasteiger partial charge in [0.1, 0.15) is 13.2 Å². The molecular weight excluding hydrogens is 150 g/mol.